The number of hydrogen-bond donors (Lipinski definition) is 1. The number of nitrogens with one attached hydrogen (secondary N) is 1. The molecule has 2 aromatic heterocycles. The van der Waals surface area contributed by atoms with Gasteiger partial charge < -0.3 is 10.2 Å². The Bertz CT molecular complexity index is 856. The first-order valence-corrected chi connectivity index (χ1v) is 10.2. The van der Waals surface area contributed by atoms with Gasteiger partial charge in [-0.2, -0.15) is 5.26 Å². The molecule has 2 aliphatic rings. The summed E-state index contributed by atoms with van der Waals surface area (Å²) >= 11 is 5.87. The van der Waals surface area contributed by atoms with Crippen LogP contribution in [0.15, 0.2) is 18.5 Å². The third-order valence-corrected chi connectivity index (χ3v) is 5.98. The van der Waals surface area contributed by atoms with Crippen molar-refractivity contribution in [1.29, 1.82) is 5.26 Å². The fourth-order valence-electron chi connectivity index (χ4n) is 4.28. The van der Waals surface area contributed by atoms with Gasteiger partial charge in [-0.15, -0.1) is 0 Å². The van der Waals surface area contributed by atoms with Gasteiger partial charge in [-0.1, -0.05) is 11.6 Å². The van der Waals surface area contributed by atoms with E-state index in [1.54, 1.807) is 18.5 Å². The maximum Gasteiger partial charge on any atom is 0.225 e. The molecule has 1 aliphatic heterocycles. The molecule has 146 valence electrons. The van der Waals surface area contributed by atoms with Crippen molar-refractivity contribution in [2.75, 3.05) is 29.9 Å². The van der Waals surface area contributed by atoms with Crippen molar-refractivity contribution in [3.8, 4) is 6.07 Å². The third-order valence-electron chi connectivity index (χ3n) is 5.79. The lowest BCUT2D eigenvalue weighted by atomic mass is 9.90. The molecule has 28 heavy (non-hydrogen) atoms. The first-order valence-electron chi connectivity index (χ1n) is 9.84. The number of aryl methyl sites for hydroxylation is 1. The van der Waals surface area contributed by atoms with Crippen LogP contribution in [0, 0.1) is 36.0 Å². The highest BCUT2D eigenvalue weighted by atomic mass is 35.5. The fourth-order valence-corrected chi connectivity index (χ4v) is 4.38. The highest BCUT2D eigenvalue weighted by molar-refractivity contribution is 6.30. The Morgan fingerprint density at radius 2 is 2.00 bits per heavy atom. The maximum atomic E-state index is 9.01. The summed E-state index contributed by atoms with van der Waals surface area (Å²) in [5.74, 6) is 4.61. The van der Waals surface area contributed by atoms with E-state index in [2.05, 4.69) is 36.2 Å². The lowest BCUT2D eigenvalue weighted by Crippen LogP contribution is -2.35. The van der Waals surface area contributed by atoms with Crippen LogP contribution in [0.3, 0.4) is 0 Å². The number of anilines is 2. The molecule has 4 rings (SSSR count). The van der Waals surface area contributed by atoms with E-state index in [4.69, 9.17) is 16.9 Å². The summed E-state index contributed by atoms with van der Waals surface area (Å²) in [6, 6.07) is 3.79. The van der Waals surface area contributed by atoms with E-state index in [1.165, 1.54) is 19.3 Å². The molecular weight excluding hydrogens is 374 g/mol. The summed E-state index contributed by atoms with van der Waals surface area (Å²) in [5.41, 5.74) is 0.413. The molecule has 0 amide bonds. The molecule has 7 nitrogen and oxygen atoms in total. The number of piperidine rings is 1. The van der Waals surface area contributed by atoms with Gasteiger partial charge in [-0.25, -0.2) is 19.9 Å². The van der Waals surface area contributed by atoms with Crippen molar-refractivity contribution >= 4 is 23.4 Å². The van der Waals surface area contributed by atoms with E-state index in [1.807, 2.05) is 6.92 Å². The van der Waals surface area contributed by atoms with Crippen LogP contribution in [0.2, 0.25) is 5.02 Å². The van der Waals surface area contributed by atoms with Crippen LogP contribution in [0.4, 0.5) is 11.8 Å². The van der Waals surface area contributed by atoms with Crippen LogP contribution < -0.4 is 10.2 Å². The maximum absolute atomic E-state index is 9.01. The molecule has 0 unspecified atom stereocenters. The van der Waals surface area contributed by atoms with Crippen LogP contribution in [0.1, 0.15) is 37.2 Å². The summed E-state index contributed by atoms with van der Waals surface area (Å²) in [4.78, 5) is 19.4. The molecule has 0 spiro atoms. The van der Waals surface area contributed by atoms with Gasteiger partial charge in [-0.3, -0.25) is 0 Å². The predicted molar refractivity (Wildman–Crippen MR) is 108 cm³/mol. The zero-order chi connectivity index (χ0) is 19.5. The minimum Gasteiger partial charge on any atom is -0.370 e. The molecule has 0 radical (unpaired) electrons. The zero-order valence-electron chi connectivity index (χ0n) is 16.0. The second-order valence-corrected chi connectivity index (χ2v) is 8.13. The molecule has 1 aliphatic carbocycles. The molecule has 2 fully saturated rings. The quantitative estimate of drug-likeness (QED) is 0.798. The average Bonchev–Trinajstić information content (AvgIpc) is 3.48. The molecule has 0 aromatic carbocycles. The van der Waals surface area contributed by atoms with Gasteiger partial charge >= 0.3 is 0 Å². The van der Waals surface area contributed by atoms with E-state index < -0.39 is 0 Å². The summed E-state index contributed by atoms with van der Waals surface area (Å²) in [6.07, 6.45) is 8.22. The van der Waals surface area contributed by atoms with Crippen molar-refractivity contribution in [2.24, 2.45) is 17.8 Å². The monoisotopic (exact) mass is 397 g/mol. The second kappa shape index (κ2) is 8.27. The van der Waals surface area contributed by atoms with Gasteiger partial charge in [-0.05, 0) is 50.4 Å². The number of halogens is 1. The van der Waals surface area contributed by atoms with E-state index in [-0.39, 0.29) is 0 Å². The Labute approximate surface area is 170 Å². The minimum atomic E-state index is 0.413. The van der Waals surface area contributed by atoms with Crippen molar-refractivity contribution < 1.29 is 0 Å². The molecule has 2 aromatic rings. The van der Waals surface area contributed by atoms with E-state index in [0.29, 0.717) is 16.5 Å². The van der Waals surface area contributed by atoms with Gasteiger partial charge in [0.25, 0.3) is 0 Å². The third kappa shape index (κ3) is 4.50. The topological polar surface area (TPSA) is 90.6 Å². The first-order chi connectivity index (χ1) is 13.6. The Balaban J connectivity index is 1.20. The van der Waals surface area contributed by atoms with Gasteiger partial charge in [0, 0.05) is 25.7 Å². The normalized spacial score (nSPS) is 22.0. The highest BCUT2D eigenvalue weighted by Gasteiger charge is 2.43. The number of rotatable bonds is 6. The summed E-state index contributed by atoms with van der Waals surface area (Å²) in [6.45, 7) is 4.74. The Hall–Kier alpha value is -2.46. The van der Waals surface area contributed by atoms with Crippen molar-refractivity contribution in [3.63, 3.8) is 0 Å². The van der Waals surface area contributed by atoms with Crippen molar-refractivity contribution in [3.05, 3.63) is 35.0 Å². The summed E-state index contributed by atoms with van der Waals surface area (Å²) in [7, 11) is 0. The predicted octanol–water partition coefficient (Wildman–Crippen LogP) is 3.45. The minimum absolute atomic E-state index is 0.413. The van der Waals surface area contributed by atoms with E-state index in [0.717, 1.165) is 55.6 Å². The Morgan fingerprint density at radius 3 is 2.71 bits per heavy atom. The van der Waals surface area contributed by atoms with Crippen molar-refractivity contribution in [2.45, 2.75) is 32.6 Å². The molecule has 0 bridgehead atoms. The molecule has 1 N–H and O–H groups in total. The number of hydrogen-bond acceptors (Lipinski definition) is 7. The molecule has 3 heterocycles. The molecule has 1 saturated carbocycles. The Morgan fingerprint density at radius 1 is 1.25 bits per heavy atom. The summed E-state index contributed by atoms with van der Waals surface area (Å²) < 4.78 is 0. The second-order valence-electron chi connectivity index (χ2n) is 7.70. The van der Waals surface area contributed by atoms with Crippen LogP contribution >= 0.6 is 11.6 Å². The standard InChI is InChI=1S/C20H24ClN7/c1-13-26-17(10-22)9-19(27-13)23-5-2-15-8-18(15)14-3-6-28(7-4-14)20-24-11-16(21)12-25-20/h9,11-12,14-15,18H,2-8H2,1H3,(H,23,26,27)/t15-,18+/m0/s1. The molecule has 1 saturated heterocycles. The fraction of sp³-hybridized carbons (Fsp3) is 0.550. The van der Waals surface area contributed by atoms with Gasteiger partial charge in [0.05, 0.1) is 17.4 Å². The van der Waals surface area contributed by atoms with E-state index in [9.17, 15) is 0 Å². The van der Waals surface area contributed by atoms with Gasteiger partial charge in [0.2, 0.25) is 5.95 Å². The average molecular weight is 398 g/mol. The largest absolute Gasteiger partial charge is 0.370 e. The summed E-state index contributed by atoms with van der Waals surface area (Å²) in [5, 5.41) is 12.9. The number of aromatic nitrogens is 4. The number of nitrogens with zero attached hydrogens (tertiary/aromatic N) is 6. The highest BCUT2D eigenvalue weighted by Crippen LogP contribution is 2.49. The zero-order valence-corrected chi connectivity index (χ0v) is 16.7. The van der Waals surface area contributed by atoms with E-state index >= 15 is 0 Å². The van der Waals surface area contributed by atoms with Crippen LogP contribution in [-0.2, 0) is 0 Å². The lowest BCUT2D eigenvalue weighted by Gasteiger charge is -2.32. The van der Waals surface area contributed by atoms with Crippen LogP contribution in [-0.4, -0.2) is 39.6 Å². The van der Waals surface area contributed by atoms with Crippen LogP contribution in [0.25, 0.3) is 0 Å². The SMILES string of the molecule is Cc1nc(C#N)cc(NCC[C@H]2C[C@@H]2C2CCN(c3ncc(Cl)cn3)CC2)n1. The van der Waals surface area contributed by atoms with Crippen molar-refractivity contribution in [1.82, 2.24) is 19.9 Å². The molecule has 8 heteroatoms. The molecule has 2 atom stereocenters. The van der Waals surface area contributed by atoms with Crippen LogP contribution in [0.5, 0.6) is 0 Å². The van der Waals surface area contributed by atoms with Gasteiger partial charge in [0.15, 0.2) is 0 Å². The van der Waals surface area contributed by atoms with Gasteiger partial charge in [0.1, 0.15) is 23.4 Å². The Kier molecular flexibility index (Phi) is 5.58. The lowest BCUT2D eigenvalue weighted by molar-refractivity contribution is 0.343. The first kappa shape index (κ1) is 18.9. The molecular formula is C20H24ClN7. The smallest absolute Gasteiger partial charge is 0.225 e. The number of nitriles is 1.